The zero-order valence-corrected chi connectivity index (χ0v) is 11.3. The van der Waals surface area contributed by atoms with Gasteiger partial charge in [0.1, 0.15) is 0 Å². The molecule has 0 unspecified atom stereocenters. The number of rotatable bonds is 3. The first kappa shape index (κ1) is 12.7. The minimum absolute atomic E-state index is 0.151. The van der Waals surface area contributed by atoms with Crippen LogP contribution in [0.25, 0.3) is 0 Å². The molecule has 2 fully saturated rings. The largest absolute Gasteiger partial charge is 0.334 e. The molecule has 1 amide bonds. The van der Waals surface area contributed by atoms with Crippen molar-refractivity contribution in [3.05, 3.63) is 35.9 Å². The summed E-state index contributed by atoms with van der Waals surface area (Å²) >= 11 is 0. The third-order valence-electron chi connectivity index (χ3n) is 4.31. The van der Waals surface area contributed by atoms with E-state index in [-0.39, 0.29) is 18.0 Å². The first-order valence-corrected chi connectivity index (χ1v) is 7.36. The molecule has 0 bridgehead atoms. The van der Waals surface area contributed by atoms with Crippen molar-refractivity contribution < 1.29 is 4.79 Å². The topological polar surface area (TPSA) is 46.3 Å². The molecule has 1 heterocycles. The van der Waals surface area contributed by atoms with Crippen LogP contribution < -0.4 is 5.73 Å². The number of hydrogen-bond donors (Lipinski definition) is 1. The van der Waals surface area contributed by atoms with Crippen LogP contribution in [0, 0.1) is 5.92 Å². The first-order valence-electron chi connectivity index (χ1n) is 7.36. The summed E-state index contributed by atoms with van der Waals surface area (Å²) < 4.78 is 0. The number of likely N-dealkylation sites (tertiary alicyclic amines) is 1. The Morgan fingerprint density at radius 2 is 1.84 bits per heavy atom. The van der Waals surface area contributed by atoms with Gasteiger partial charge in [0, 0.05) is 6.54 Å². The molecule has 19 heavy (non-hydrogen) atoms. The normalized spacial score (nSPS) is 28.3. The third kappa shape index (κ3) is 2.81. The Hall–Kier alpha value is -1.35. The molecule has 3 rings (SSSR count). The van der Waals surface area contributed by atoms with Crippen LogP contribution in [-0.2, 0) is 4.79 Å². The molecule has 1 aliphatic carbocycles. The maximum Gasteiger partial charge on any atom is 0.240 e. The zero-order valence-electron chi connectivity index (χ0n) is 11.3. The lowest BCUT2D eigenvalue weighted by Crippen LogP contribution is -2.44. The quantitative estimate of drug-likeness (QED) is 0.905. The van der Waals surface area contributed by atoms with Crippen LogP contribution in [0.4, 0.5) is 0 Å². The number of carbonyl (C=O) groups excluding carboxylic acids is 1. The second kappa shape index (κ2) is 5.33. The van der Waals surface area contributed by atoms with Gasteiger partial charge in [0.05, 0.1) is 12.1 Å². The molecule has 2 aliphatic rings. The van der Waals surface area contributed by atoms with Crippen LogP contribution in [0.2, 0.25) is 0 Å². The second-order valence-corrected chi connectivity index (χ2v) is 5.90. The van der Waals surface area contributed by atoms with Crippen molar-refractivity contribution >= 4 is 5.91 Å². The summed E-state index contributed by atoms with van der Waals surface area (Å²) in [7, 11) is 0. The molecule has 102 valence electrons. The smallest absolute Gasteiger partial charge is 0.240 e. The van der Waals surface area contributed by atoms with Crippen molar-refractivity contribution in [2.24, 2.45) is 11.7 Å². The Morgan fingerprint density at radius 3 is 2.53 bits per heavy atom. The predicted molar refractivity (Wildman–Crippen MR) is 75.4 cm³/mol. The molecular formula is C16H22N2O. The Morgan fingerprint density at radius 1 is 1.11 bits per heavy atom. The summed E-state index contributed by atoms with van der Waals surface area (Å²) in [6.07, 6.45) is 5.42. The summed E-state index contributed by atoms with van der Waals surface area (Å²) in [4.78, 5) is 14.6. The van der Waals surface area contributed by atoms with Gasteiger partial charge in [0.15, 0.2) is 0 Å². The van der Waals surface area contributed by atoms with E-state index in [1.807, 2.05) is 6.07 Å². The van der Waals surface area contributed by atoms with Gasteiger partial charge >= 0.3 is 0 Å². The maximum atomic E-state index is 12.5. The Bertz CT molecular complexity index is 441. The van der Waals surface area contributed by atoms with Gasteiger partial charge < -0.3 is 10.6 Å². The highest BCUT2D eigenvalue weighted by atomic mass is 16.2. The summed E-state index contributed by atoms with van der Waals surface area (Å²) in [5, 5.41) is 0. The average Bonchev–Trinajstić information content (AvgIpc) is 3.26. The van der Waals surface area contributed by atoms with E-state index < -0.39 is 0 Å². The molecule has 2 N–H and O–H groups in total. The SMILES string of the molecule is N[C@@H]1CCC[C@H](c2ccccc2)N(CC2CC2)C1=O. The van der Waals surface area contributed by atoms with Gasteiger partial charge in [-0.15, -0.1) is 0 Å². The van der Waals surface area contributed by atoms with Crippen LogP contribution in [0.5, 0.6) is 0 Å². The lowest BCUT2D eigenvalue weighted by Gasteiger charge is -2.31. The molecule has 1 aromatic rings. The van der Waals surface area contributed by atoms with Gasteiger partial charge in [-0.25, -0.2) is 0 Å². The number of amides is 1. The van der Waals surface area contributed by atoms with Crippen LogP contribution in [0.15, 0.2) is 30.3 Å². The highest BCUT2D eigenvalue weighted by molar-refractivity contribution is 5.82. The van der Waals surface area contributed by atoms with E-state index in [1.54, 1.807) is 0 Å². The molecule has 3 nitrogen and oxygen atoms in total. The average molecular weight is 258 g/mol. The number of carbonyl (C=O) groups is 1. The summed E-state index contributed by atoms with van der Waals surface area (Å²) in [5.74, 6) is 0.860. The van der Waals surface area contributed by atoms with Crippen molar-refractivity contribution in [2.45, 2.75) is 44.2 Å². The van der Waals surface area contributed by atoms with Gasteiger partial charge in [-0.2, -0.15) is 0 Å². The van der Waals surface area contributed by atoms with Crippen LogP contribution in [0.3, 0.4) is 0 Å². The molecule has 1 saturated carbocycles. The molecule has 1 saturated heterocycles. The lowest BCUT2D eigenvalue weighted by atomic mass is 10.0. The second-order valence-electron chi connectivity index (χ2n) is 5.90. The highest BCUT2D eigenvalue weighted by Crippen LogP contribution is 2.36. The predicted octanol–water partition coefficient (Wildman–Crippen LogP) is 2.48. The standard InChI is InChI=1S/C16H22N2O/c17-14-7-4-8-15(13-5-2-1-3-6-13)18(16(14)19)11-12-9-10-12/h1-3,5-6,12,14-15H,4,7-11,17H2/t14-,15-/m1/s1. The minimum Gasteiger partial charge on any atom is -0.334 e. The fraction of sp³-hybridized carbons (Fsp3) is 0.562. The van der Waals surface area contributed by atoms with E-state index >= 15 is 0 Å². The van der Waals surface area contributed by atoms with E-state index in [2.05, 4.69) is 29.2 Å². The number of hydrogen-bond acceptors (Lipinski definition) is 2. The lowest BCUT2D eigenvalue weighted by molar-refractivity contribution is -0.134. The molecular weight excluding hydrogens is 236 g/mol. The Kier molecular flexibility index (Phi) is 3.56. The van der Waals surface area contributed by atoms with Crippen molar-refractivity contribution in [1.29, 1.82) is 0 Å². The maximum absolute atomic E-state index is 12.5. The Balaban J connectivity index is 1.87. The fourth-order valence-electron chi connectivity index (χ4n) is 2.99. The van der Waals surface area contributed by atoms with Crippen LogP contribution in [-0.4, -0.2) is 23.4 Å². The molecule has 2 atom stereocenters. The molecule has 0 radical (unpaired) electrons. The molecule has 0 aromatic heterocycles. The van der Waals surface area contributed by atoms with E-state index in [0.29, 0.717) is 5.92 Å². The summed E-state index contributed by atoms with van der Waals surface area (Å²) in [6, 6.07) is 10.3. The number of nitrogens with two attached hydrogens (primary N) is 1. The molecule has 1 aromatic carbocycles. The fourth-order valence-corrected chi connectivity index (χ4v) is 2.99. The van der Waals surface area contributed by atoms with E-state index in [4.69, 9.17) is 5.73 Å². The molecule has 1 aliphatic heterocycles. The van der Waals surface area contributed by atoms with Crippen molar-refractivity contribution in [3.63, 3.8) is 0 Å². The summed E-state index contributed by atoms with van der Waals surface area (Å²) in [6.45, 7) is 0.895. The van der Waals surface area contributed by atoms with Crippen molar-refractivity contribution in [3.8, 4) is 0 Å². The van der Waals surface area contributed by atoms with E-state index in [1.165, 1.54) is 18.4 Å². The van der Waals surface area contributed by atoms with Crippen LogP contribution >= 0.6 is 0 Å². The monoisotopic (exact) mass is 258 g/mol. The number of benzene rings is 1. The molecule has 0 spiro atoms. The van der Waals surface area contributed by atoms with E-state index in [0.717, 1.165) is 25.8 Å². The number of nitrogens with zero attached hydrogens (tertiary/aromatic N) is 1. The Labute approximate surface area is 114 Å². The molecule has 3 heteroatoms. The summed E-state index contributed by atoms with van der Waals surface area (Å²) in [5.41, 5.74) is 7.27. The van der Waals surface area contributed by atoms with Crippen molar-refractivity contribution in [1.82, 2.24) is 4.90 Å². The van der Waals surface area contributed by atoms with Gasteiger partial charge in [0.2, 0.25) is 5.91 Å². The van der Waals surface area contributed by atoms with Crippen LogP contribution in [0.1, 0.15) is 43.7 Å². The third-order valence-corrected chi connectivity index (χ3v) is 4.31. The highest BCUT2D eigenvalue weighted by Gasteiger charge is 2.35. The van der Waals surface area contributed by atoms with Gasteiger partial charge in [-0.1, -0.05) is 30.3 Å². The van der Waals surface area contributed by atoms with Gasteiger partial charge in [-0.3, -0.25) is 4.79 Å². The minimum atomic E-state index is -0.299. The zero-order chi connectivity index (χ0) is 13.2. The first-order chi connectivity index (χ1) is 9.25. The van der Waals surface area contributed by atoms with Gasteiger partial charge in [0.25, 0.3) is 0 Å². The van der Waals surface area contributed by atoms with E-state index in [9.17, 15) is 4.79 Å². The van der Waals surface area contributed by atoms with Crippen molar-refractivity contribution in [2.75, 3.05) is 6.54 Å². The van der Waals surface area contributed by atoms with Gasteiger partial charge in [-0.05, 0) is 43.6 Å².